The second kappa shape index (κ2) is 12.2. The lowest BCUT2D eigenvalue weighted by Gasteiger charge is -2.41. The number of ketones is 1. The zero-order valence-electron chi connectivity index (χ0n) is 21.2. The molecule has 200 valence electrons. The Kier molecular flexibility index (Phi) is 9.29. The molecule has 1 amide bonds. The van der Waals surface area contributed by atoms with Crippen LogP contribution in [0.5, 0.6) is 5.75 Å². The van der Waals surface area contributed by atoms with Gasteiger partial charge in [0.2, 0.25) is 16.7 Å². The average Bonchev–Trinajstić information content (AvgIpc) is 2.87. The van der Waals surface area contributed by atoms with Gasteiger partial charge in [-0.05, 0) is 42.0 Å². The highest BCUT2D eigenvalue weighted by molar-refractivity contribution is 7.85. The van der Waals surface area contributed by atoms with Gasteiger partial charge in [-0.25, -0.2) is 0 Å². The lowest BCUT2D eigenvalue weighted by Crippen LogP contribution is -2.56. The standard InChI is InChI=1S/C27H28N2O7S2/c1-5-15-38(34)22-16-21(30)28(22)23(26(37)35-17-18-11-13-19(14-12-18)29(32)33)24(25(31)27(2,3)4)36-20-9-7-6-8-10-20/h5-14,22H,1,15-17H2,2-4H3. The quantitative estimate of drug-likeness (QED) is 0.0735. The fourth-order valence-corrected chi connectivity index (χ4v) is 4.97. The zero-order chi connectivity index (χ0) is 28.0. The average molecular weight is 557 g/mol. The Morgan fingerprint density at radius 1 is 1.21 bits per heavy atom. The number of Topliss-reactive ketones (excluding diaryl/α,β-unsaturated/α-hetero) is 1. The molecule has 1 fully saturated rings. The van der Waals surface area contributed by atoms with E-state index < -0.39 is 32.3 Å². The molecule has 1 heterocycles. The zero-order valence-corrected chi connectivity index (χ0v) is 22.9. The van der Waals surface area contributed by atoms with Crippen molar-refractivity contribution in [3.63, 3.8) is 0 Å². The molecule has 1 aliphatic rings. The number of nitro groups is 1. The summed E-state index contributed by atoms with van der Waals surface area (Å²) in [5.41, 5.74) is -0.506. The number of allylic oxidation sites excluding steroid dienone is 1. The van der Waals surface area contributed by atoms with Gasteiger partial charge in [0.15, 0.2) is 5.76 Å². The van der Waals surface area contributed by atoms with Crippen molar-refractivity contribution in [2.24, 2.45) is 5.41 Å². The maximum Gasteiger partial charge on any atom is 0.269 e. The van der Waals surface area contributed by atoms with Crippen LogP contribution in [0.4, 0.5) is 5.69 Å². The summed E-state index contributed by atoms with van der Waals surface area (Å²) in [5, 5.41) is 9.99. The summed E-state index contributed by atoms with van der Waals surface area (Å²) in [6, 6.07) is 14.2. The fraction of sp³-hybridized carbons (Fsp3) is 0.296. The number of likely N-dealkylation sites (tertiary alicyclic amines) is 1. The lowest BCUT2D eigenvalue weighted by molar-refractivity contribution is -0.384. The molecule has 2 aromatic rings. The van der Waals surface area contributed by atoms with Crippen molar-refractivity contribution >= 4 is 45.4 Å². The minimum atomic E-state index is -1.50. The van der Waals surface area contributed by atoms with E-state index in [2.05, 4.69) is 6.58 Å². The van der Waals surface area contributed by atoms with Crippen molar-refractivity contribution < 1.29 is 28.2 Å². The number of hydrogen-bond donors (Lipinski definition) is 0. The molecule has 2 aromatic carbocycles. The third kappa shape index (κ3) is 6.78. The Morgan fingerprint density at radius 2 is 1.84 bits per heavy atom. The van der Waals surface area contributed by atoms with Crippen LogP contribution in [0.15, 0.2) is 78.7 Å². The first kappa shape index (κ1) is 28.9. The molecular weight excluding hydrogens is 528 g/mol. The van der Waals surface area contributed by atoms with E-state index in [1.165, 1.54) is 35.2 Å². The number of nitrogens with zero attached hydrogens (tertiary/aromatic N) is 2. The van der Waals surface area contributed by atoms with E-state index >= 15 is 0 Å². The number of rotatable bonds is 11. The summed E-state index contributed by atoms with van der Waals surface area (Å²) < 4.78 is 24.8. The molecule has 0 saturated carbocycles. The fourth-order valence-electron chi connectivity index (χ4n) is 3.47. The number of hydrogen-bond acceptors (Lipinski definition) is 8. The number of β-lactam (4-membered cyclic amide) rings is 1. The monoisotopic (exact) mass is 556 g/mol. The van der Waals surface area contributed by atoms with E-state index in [9.17, 15) is 23.9 Å². The van der Waals surface area contributed by atoms with E-state index in [-0.39, 0.29) is 46.9 Å². The molecule has 2 atom stereocenters. The molecule has 0 bridgehead atoms. The highest BCUT2D eigenvalue weighted by atomic mass is 32.2. The van der Waals surface area contributed by atoms with E-state index in [0.717, 1.165) is 0 Å². The molecule has 3 rings (SSSR count). The van der Waals surface area contributed by atoms with Crippen LogP contribution in [0.25, 0.3) is 0 Å². The number of amides is 1. The van der Waals surface area contributed by atoms with E-state index in [1.807, 2.05) is 0 Å². The van der Waals surface area contributed by atoms with Crippen LogP contribution < -0.4 is 4.74 Å². The van der Waals surface area contributed by atoms with Gasteiger partial charge in [-0.2, -0.15) is 0 Å². The first-order valence-electron chi connectivity index (χ1n) is 11.7. The van der Waals surface area contributed by atoms with Crippen molar-refractivity contribution in [3.05, 3.63) is 94.4 Å². The third-order valence-corrected chi connectivity index (χ3v) is 7.37. The van der Waals surface area contributed by atoms with Gasteiger partial charge in [-0.3, -0.25) is 28.8 Å². The Hall–Kier alpha value is -3.70. The number of non-ortho nitro benzene ring substituents is 1. The summed E-state index contributed by atoms with van der Waals surface area (Å²) in [7, 11) is -1.50. The van der Waals surface area contributed by atoms with Gasteiger partial charge < -0.3 is 9.47 Å². The smallest absolute Gasteiger partial charge is 0.269 e. The van der Waals surface area contributed by atoms with Gasteiger partial charge in [0, 0.05) is 34.1 Å². The Labute approximate surface area is 228 Å². The van der Waals surface area contributed by atoms with Gasteiger partial charge >= 0.3 is 0 Å². The predicted molar refractivity (Wildman–Crippen MR) is 147 cm³/mol. The summed E-state index contributed by atoms with van der Waals surface area (Å²) >= 11 is 5.58. The first-order valence-corrected chi connectivity index (χ1v) is 13.5. The number of benzene rings is 2. The van der Waals surface area contributed by atoms with Crippen LogP contribution in [0, 0.1) is 15.5 Å². The molecule has 2 unspecified atom stereocenters. The molecule has 38 heavy (non-hydrogen) atoms. The van der Waals surface area contributed by atoms with Crippen LogP contribution >= 0.6 is 12.2 Å². The minimum absolute atomic E-state index is 0.00274. The molecule has 0 N–H and O–H groups in total. The van der Waals surface area contributed by atoms with Crippen molar-refractivity contribution in [1.82, 2.24) is 4.90 Å². The minimum Gasteiger partial charge on any atom is -0.477 e. The van der Waals surface area contributed by atoms with Crippen molar-refractivity contribution in [2.75, 3.05) is 5.75 Å². The van der Waals surface area contributed by atoms with E-state index in [4.69, 9.17) is 21.7 Å². The van der Waals surface area contributed by atoms with Crippen molar-refractivity contribution in [3.8, 4) is 5.75 Å². The molecule has 0 aliphatic carbocycles. The molecular formula is C27H28N2O7S2. The van der Waals surface area contributed by atoms with E-state index in [0.29, 0.717) is 11.3 Å². The number of nitro benzene ring substituents is 1. The summed E-state index contributed by atoms with van der Waals surface area (Å²) in [5.74, 6) is -0.552. The molecule has 0 radical (unpaired) electrons. The Morgan fingerprint density at radius 3 is 2.37 bits per heavy atom. The van der Waals surface area contributed by atoms with Crippen molar-refractivity contribution in [1.29, 1.82) is 0 Å². The normalized spacial score (nSPS) is 16.6. The Bertz CT molecular complexity index is 1300. The maximum atomic E-state index is 13.7. The van der Waals surface area contributed by atoms with Crippen LogP contribution in [-0.4, -0.2) is 41.9 Å². The van der Waals surface area contributed by atoms with Crippen LogP contribution in [0.3, 0.4) is 0 Å². The summed E-state index contributed by atoms with van der Waals surface area (Å²) in [6.45, 7) is 8.63. The second-order valence-corrected chi connectivity index (χ2v) is 11.4. The van der Waals surface area contributed by atoms with Crippen LogP contribution in [0.1, 0.15) is 32.8 Å². The number of para-hydroxylation sites is 1. The third-order valence-electron chi connectivity index (χ3n) is 5.51. The van der Waals surface area contributed by atoms with Gasteiger partial charge in [0.05, 0.1) is 11.3 Å². The Balaban J connectivity index is 2.07. The highest BCUT2D eigenvalue weighted by Gasteiger charge is 2.47. The van der Waals surface area contributed by atoms with Crippen LogP contribution in [0.2, 0.25) is 0 Å². The second-order valence-electron chi connectivity index (χ2n) is 9.43. The van der Waals surface area contributed by atoms with Gasteiger partial charge in [-0.15, -0.1) is 6.58 Å². The maximum absolute atomic E-state index is 13.7. The number of ether oxygens (including phenoxy) is 2. The highest BCUT2D eigenvalue weighted by Crippen LogP contribution is 2.34. The largest absolute Gasteiger partial charge is 0.477 e. The molecule has 0 aromatic heterocycles. The predicted octanol–water partition coefficient (Wildman–Crippen LogP) is 4.84. The number of thiocarbonyl (C=S) groups is 1. The molecule has 1 aliphatic heterocycles. The summed E-state index contributed by atoms with van der Waals surface area (Å²) in [6.07, 6.45) is 1.49. The van der Waals surface area contributed by atoms with Gasteiger partial charge in [-0.1, -0.05) is 45.0 Å². The topological polar surface area (TPSA) is 116 Å². The van der Waals surface area contributed by atoms with Crippen molar-refractivity contribution in [2.45, 2.75) is 39.2 Å². The SMILES string of the molecule is C=CCS(=O)C1CC(=O)N1C(C(=S)OCc1ccc([N+](=O)[O-])cc1)=C(Oc1ccccc1)C(=O)C(C)(C)C. The van der Waals surface area contributed by atoms with E-state index in [1.54, 1.807) is 51.1 Å². The molecule has 11 heteroatoms. The lowest BCUT2D eigenvalue weighted by atomic mass is 9.88. The summed E-state index contributed by atoms with van der Waals surface area (Å²) in [4.78, 5) is 38.2. The molecule has 1 saturated heterocycles. The number of carbonyl (C=O) groups is 2. The molecule has 9 nitrogen and oxygen atoms in total. The van der Waals surface area contributed by atoms with Gasteiger partial charge in [0.25, 0.3) is 5.69 Å². The number of carbonyl (C=O) groups excluding carboxylic acids is 2. The first-order chi connectivity index (χ1) is 17.9. The van der Waals surface area contributed by atoms with Gasteiger partial charge in [0.1, 0.15) is 23.4 Å². The molecule has 0 spiro atoms. The van der Waals surface area contributed by atoms with Crippen LogP contribution in [-0.2, 0) is 31.7 Å².